The average Bonchev–Trinajstić information content (AvgIpc) is 3.40. The van der Waals surface area contributed by atoms with Gasteiger partial charge < -0.3 is 14.0 Å². The van der Waals surface area contributed by atoms with E-state index in [0.29, 0.717) is 12.8 Å². The standard InChI is InChI=1S/C22H26N4O2/c1-15-13-23-22(18-7-5-4-6-8-18)26(15)19-11-12-25(14-19)21(27)10-9-20-16(2)24-28-17(20)3/h4-8,13,19H,9-12,14H2,1-3H3. The van der Waals surface area contributed by atoms with Crippen molar-refractivity contribution in [2.45, 2.75) is 46.1 Å². The Balaban J connectivity index is 1.45. The summed E-state index contributed by atoms with van der Waals surface area (Å²) in [4.78, 5) is 19.4. The van der Waals surface area contributed by atoms with Crippen LogP contribution in [0.4, 0.5) is 0 Å². The number of carbonyl (C=O) groups is 1. The number of aryl methyl sites for hydroxylation is 3. The van der Waals surface area contributed by atoms with Crippen LogP contribution < -0.4 is 0 Å². The summed E-state index contributed by atoms with van der Waals surface area (Å²) in [6.07, 6.45) is 4.04. The number of benzene rings is 1. The van der Waals surface area contributed by atoms with Gasteiger partial charge in [-0.2, -0.15) is 0 Å². The molecule has 1 saturated heterocycles. The van der Waals surface area contributed by atoms with E-state index in [1.807, 2.05) is 43.1 Å². The second-order valence-corrected chi connectivity index (χ2v) is 7.54. The maximum Gasteiger partial charge on any atom is 0.222 e. The first-order valence-electron chi connectivity index (χ1n) is 9.83. The van der Waals surface area contributed by atoms with Crippen molar-refractivity contribution in [3.63, 3.8) is 0 Å². The van der Waals surface area contributed by atoms with E-state index in [-0.39, 0.29) is 11.9 Å². The SMILES string of the molecule is Cc1noc(C)c1CCC(=O)N1CCC(n2c(C)cnc2-c2ccccc2)C1. The minimum Gasteiger partial charge on any atom is -0.361 e. The second-order valence-electron chi connectivity index (χ2n) is 7.54. The highest BCUT2D eigenvalue weighted by Crippen LogP contribution is 2.30. The first-order valence-corrected chi connectivity index (χ1v) is 9.83. The minimum absolute atomic E-state index is 0.196. The first-order chi connectivity index (χ1) is 13.5. The third kappa shape index (κ3) is 3.46. The molecule has 0 saturated carbocycles. The zero-order valence-electron chi connectivity index (χ0n) is 16.7. The summed E-state index contributed by atoms with van der Waals surface area (Å²) < 4.78 is 7.49. The van der Waals surface area contributed by atoms with E-state index < -0.39 is 0 Å². The lowest BCUT2D eigenvalue weighted by atomic mass is 10.1. The molecule has 1 aliphatic rings. The number of carbonyl (C=O) groups excluding carboxylic acids is 1. The van der Waals surface area contributed by atoms with E-state index in [2.05, 4.69) is 33.8 Å². The summed E-state index contributed by atoms with van der Waals surface area (Å²) in [5.74, 6) is 1.99. The number of hydrogen-bond donors (Lipinski definition) is 0. The van der Waals surface area contributed by atoms with Gasteiger partial charge in [-0.1, -0.05) is 35.5 Å². The predicted molar refractivity (Wildman–Crippen MR) is 107 cm³/mol. The minimum atomic E-state index is 0.196. The van der Waals surface area contributed by atoms with Crippen LogP contribution in [0, 0.1) is 20.8 Å². The third-order valence-electron chi connectivity index (χ3n) is 5.67. The summed E-state index contributed by atoms with van der Waals surface area (Å²) in [5.41, 5.74) is 4.18. The summed E-state index contributed by atoms with van der Waals surface area (Å²) >= 11 is 0. The van der Waals surface area contributed by atoms with Crippen molar-refractivity contribution >= 4 is 5.91 Å². The number of likely N-dealkylation sites (tertiary alicyclic amines) is 1. The Morgan fingerprint density at radius 2 is 2.00 bits per heavy atom. The van der Waals surface area contributed by atoms with Gasteiger partial charge in [-0.3, -0.25) is 4.79 Å². The topological polar surface area (TPSA) is 64.2 Å². The molecule has 1 unspecified atom stereocenters. The molecule has 1 fully saturated rings. The van der Waals surface area contributed by atoms with E-state index in [0.717, 1.165) is 53.6 Å². The van der Waals surface area contributed by atoms with Crippen LogP contribution >= 0.6 is 0 Å². The number of nitrogens with zero attached hydrogens (tertiary/aromatic N) is 4. The van der Waals surface area contributed by atoms with Gasteiger partial charge in [0.05, 0.1) is 11.7 Å². The molecule has 3 heterocycles. The molecule has 6 heteroatoms. The molecular weight excluding hydrogens is 352 g/mol. The van der Waals surface area contributed by atoms with Gasteiger partial charge in [0.1, 0.15) is 11.6 Å². The Kier molecular flexibility index (Phi) is 5.03. The highest BCUT2D eigenvalue weighted by molar-refractivity contribution is 5.77. The van der Waals surface area contributed by atoms with E-state index in [1.54, 1.807) is 0 Å². The Morgan fingerprint density at radius 1 is 1.21 bits per heavy atom. The molecule has 1 atom stereocenters. The molecule has 0 radical (unpaired) electrons. The average molecular weight is 378 g/mol. The van der Waals surface area contributed by atoms with Crippen molar-refractivity contribution < 1.29 is 9.32 Å². The molecule has 0 N–H and O–H groups in total. The first kappa shape index (κ1) is 18.5. The lowest BCUT2D eigenvalue weighted by Gasteiger charge is -2.20. The van der Waals surface area contributed by atoms with Crippen LogP contribution in [0.2, 0.25) is 0 Å². The van der Waals surface area contributed by atoms with Gasteiger partial charge in [0.2, 0.25) is 5.91 Å². The third-order valence-corrected chi connectivity index (χ3v) is 5.67. The second kappa shape index (κ2) is 7.62. The number of aromatic nitrogens is 3. The summed E-state index contributed by atoms with van der Waals surface area (Å²) in [6.45, 7) is 7.43. The number of amides is 1. The fourth-order valence-electron chi connectivity index (χ4n) is 4.14. The van der Waals surface area contributed by atoms with Crippen LogP contribution in [0.15, 0.2) is 41.1 Å². The van der Waals surface area contributed by atoms with Crippen LogP contribution in [0.3, 0.4) is 0 Å². The molecule has 28 heavy (non-hydrogen) atoms. The Labute approximate surface area is 165 Å². The lowest BCUT2D eigenvalue weighted by molar-refractivity contribution is -0.130. The Hall–Kier alpha value is -2.89. The van der Waals surface area contributed by atoms with Crippen LogP contribution in [0.5, 0.6) is 0 Å². The molecule has 3 aromatic rings. The molecule has 0 aliphatic carbocycles. The zero-order chi connectivity index (χ0) is 19.7. The summed E-state index contributed by atoms with van der Waals surface area (Å²) in [7, 11) is 0. The maximum absolute atomic E-state index is 12.8. The zero-order valence-corrected chi connectivity index (χ0v) is 16.7. The molecule has 0 spiro atoms. The molecule has 4 rings (SSSR count). The van der Waals surface area contributed by atoms with Crippen LogP contribution in [-0.2, 0) is 11.2 Å². The van der Waals surface area contributed by atoms with Crippen LogP contribution in [0.25, 0.3) is 11.4 Å². The quantitative estimate of drug-likeness (QED) is 0.676. The predicted octanol–water partition coefficient (Wildman–Crippen LogP) is 3.87. The molecule has 1 amide bonds. The van der Waals surface area contributed by atoms with E-state index in [4.69, 9.17) is 4.52 Å². The molecular formula is C22H26N4O2. The number of rotatable bonds is 5. The van der Waals surface area contributed by atoms with E-state index in [9.17, 15) is 4.79 Å². The van der Waals surface area contributed by atoms with Crippen molar-refractivity contribution in [3.05, 3.63) is 59.2 Å². The fraction of sp³-hybridized carbons (Fsp3) is 0.409. The van der Waals surface area contributed by atoms with Gasteiger partial charge >= 0.3 is 0 Å². The lowest BCUT2D eigenvalue weighted by Crippen LogP contribution is -2.29. The van der Waals surface area contributed by atoms with Crippen LogP contribution in [0.1, 0.15) is 41.6 Å². The molecule has 0 bridgehead atoms. The maximum atomic E-state index is 12.8. The molecule has 6 nitrogen and oxygen atoms in total. The molecule has 1 aliphatic heterocycles. The van der Waals surface area contributed by atoms with Gasteiger partial charge in [-0.25, -0.2) is 4.98 Å². The van der Waals surface area contributed by atoms with Crippen LogP contribution in [-0.4, -0.2) is 38.6 Å². The highest BCUT2D eigenvalue weighted by atomic mass is 16.5. The number of hydrogen-bond acceptors (Lipinski definition) is 4. The van der Waals surface area contributed by atoms with Gasteiger partial charge in [-0.05, 0) is 33.6 Å². The van der Waals surface area contributed by atoms with E-state index >= 15 is 0 Å². The summed E-state index contributed by atoms with van der Waals surface area (Å²) in [5, 5.41) is 3.98. The number of imidazole rings is 1. The van der Waals surface area contributed by atoms with Gasteiger partial charge in [-0.15, -0.1) is 0 Å². The fourth-order valence-corrected chi connectivity index (χ4v) is 4.14. The highest BCUT2D eigenvalue weighted by Gasteiger charge is 2.29. The molecule has 2 aromatic heterocycles. The van der Waals surface area contributed by atoms with Crippen molar-refractivity contribution in [1.82, 2.24) is 19.6 Å². The van der Waals surface area contributed by atoms with Crippen molar-refractivity contribution in [2.75, 3.05) is 13.1 Å². The van der Waals surface area contributed by atoms with Crippen molar-refractivity contribution in [1.29, 1.82) is 0 Å². The van der Waals surface area contributed by atoms with E-state index in [1.165, 1.54) is 0 Å². The van der Waals surface area contributed by atoms with Gasteiger partial charge in [0.15, 0.2) is 0 Å². The monoisotopic (exact) mass is 378 g/mol. The summed E-state index contributed by atoms with van der Waals surface area (Å²) in [6, 6.07) is 10.5. The van der Waals surface area contributed by atoms with Crippen molar-refractivity contribution in [2.24, 2.45) is 0 Å². The van der Waals surface area contributed by atoms with Crippen molar-refractivity contribution in [3.8, 4) is 11.4 Å². The Morgan fingerprint density at radius 3 is 2.71 bits per heavy atom. The van der Waals surface area contributed by atoms with Gasteiger partial charge in [0, 0.05) is 42.5 Å². The molecule has 146 valence electrons. The molecule has 1 aromatic carbocycles. The van der Waals surface area contributed by atoms with Gasteiger partial charge in [0.25, 0.3) is 0 Å². The normalized spacial score (nSPS) is 16.7. The Bertz CT molecular complexity index is 954. The smallest absolute Gasteiger partial charge is 0.222 e. The largest absolute Gasteiger partial charge is 0.361 e.